The monoisotopic (exact) mass is 425 g/mol. The molecule has 5 nitrogen and oxygen atoms in total. The summed E-state index contributed by atoms with van der Waals surface area (Å²) in [7, 11) is 1.66. The van der Waals surface area contributed by atoms with Crippen LogP contribution in [0.2, 0.25) is 0 Å². The lowest BCUT2D eigenvalue weighted by Gasteiger charge is -2.28. The standard InChI is InChI=1S/C26H35NO4/c1-3-4-17-30-24-11-9-22(10-12-24)26(28)27-18-20-5-7-21(8-6-20)19-31-25-15-13-23(29-2)14-16-25/h9-16,20-21H,3-8,17-19H2,1-2H3,(H,27,28). The molecule has 1 amide bonds. The highest BCUT2D eigenvalue weighted by atomic mass is 16.5. The molecule has 1 aliphatic carbocycles. The van der Waals surface area contributed by atoms with Crippen LogP contribution in [0.1, 0.15) is 55.8 Å². The first kappa shape index (κ1) is 23.0. The first-order valence-electron chi connectivity index (χ1n) is 11.5. The first-order chi connectivity index (χ1) is 15.2. The van der Waals surface area contributed by atoms with Gasteiger partial charge in [0.05, 0.1) is 20.3 Å². The minimum absolute atomic E-state index is 0.00919. The Hall–Kier alpha value is -2.69. The van der Waals surface area contributed by atoms with Crippen LogP contribution < -0.4 is 19.5 Å². The van der Waals surface area contributed by atoms with Crippen molar-refractivity contribution in [3.63, 3.8) is 0 Å². The van der Waals surface area contributed by atoms with Gasteiger partial charge in [0.15, 0.2) is 0 Å². The summed E-state index contributed by atoms with van der Waals surface area (Å²) in [6.07, 6.45) is 6.68. The molecule has 5 heteroatoms. The number of nitrogens with one attached hydrogen (secondary N) is 1. The van der Waals surface area contributed by atoms with Crippen LogP contribution in [-0.2, 0) is 0 Å². The number of hydrogen-bond donors (Lipinski definition) is 1. The number of unbranched alkanes of at least 4 members (excludes halogenated alkanes) is 1. The van der Waals surface area contributed by atoms with E-state index in [1.54, 1.807) is 7.11 Å². The molecule has 1 saturated carbocycles. The van der Waals surface area contributed by atoms with E-state index in [1.807, 2.05) is 48.5 Å². The Balaban J connectivity index is 1.33. The van der Waals surface area contributed by atoms with Gasteiger partial charge in [-0.15, -0.1) is 0 Å². The van der Waals surface area contributed by atoms with Gasteiger partial charge in [-0.2, -0.15) is 0 Å². The molecule has 0 atom stereocenters. The molecule has 168 valence electrons. The Labute approximate surface area is 186 Å². The third-order valence-electron chi connectivity index (χ3n) is 5.95. The highest BCUT2D eigenvalue weighted by Crippen LogP contribution is 2.29. The van der Waals surface area contributed by atoms with Crippen LogP contribution in [0.4, 0.5) is 0 Å². The summed E-state index contributed by atoms with van der Waals surface area (Å²) in [6.45, 7) is 4.34. The Bertz CT molecular complexity index is 780. The third kappa shape index (κ3) is 7.50. The van der Waals surface area contributed by atoms with Gasteiger partial charge in [0.1, 0.15) is 17.2 Å². The third-order valence-corrected chi connectivity index (χ3v) is 5.95. The lowest BCUT2D eigenvalue weighted by molar-refractivity contribution is 0.0938. The molecule has 1 fully saturated rings. The average Bonchev–Trinajstić information content (AvgIpc) is 2.83. The Morgan fingerprint density at radius 2 is 1.45 bits per heavy atom. The summed E-state index contributed by atoms with van der Waals surface area (Å²) in [5, 5.41) is 3.10. The molecule has 0 aliphatic heterocycles. The fourth-order valence-corrected chi connectivity index (χ4v) is 3.86. The lowest BCUT2D eigenvalue weighted by atomic mass is 9.82. The summed E-state index contributed by atoms with van der Waals surface area (Å²) < 4.78 is 16.8. The van der Waals surface area contributed by atoms with Gasteiger partial charge in [-0.1, -0.05) is 13.3 Å². The van der Waals surface area contributed by atoms with Crippen molar-refractivity contribution >= 4 is 5.91 Å². The smallest absolute Gasteiger partial charge is 0.251 e. The highest BCUT2D eigenvalue weighted by molar-refractivity contribution is 5.94. The molecule has 2 aromatic rings. The number of carbonyl (C=O) groups excluding carboxylic acids is 1. The molecular weight excluding hydrogens is 390 g/mol. The van der Waals surface area contributed by atoms with E-state index in [4.69, 9.17) is 14.2 Å². The van der Waals surface area contributed by atoms with E-state index >= 15 is 0 Å². The number of carbonyl (C=O) groups is 1. The molecule has 1 N–H and O–H groups in total. The molecule has 0 bridgehead atoms. The van der Waals surface area contributed by atoms with Gasteiger partial charge >= 0.3 is 0 Å². The quantitative estimate of drug-likeness (QED) is 0.484. The zero-order valence-electron chi connectivity index (χ0n) is 18.8. The maximum absolute atomic E-state index is 12.4. The molecule has 3 rings (SSSR count). The summed E-state index contributed by atoms with van der Waals surface area (Å²) in [5.41, 5.74) is 0.685. The summed E-state index contributed by atoms with van der Waals surface area (Å²) in [4.78, 5) is 12.4. The van der Waals surface area contributed by atoms with Crippen molar-refractivity contribution in [1.29, 1.82) is 0 Å². The number of ether oxygens (including phenoxy) is 3. The SMILES string of the molecule is CCCCOc1ccc(C(=O)NCC2CCC(COc3ccc(OC)cc3)CC2)cc1. The fraction of sp³-hybridized carbons (Fsp3) is 0.500. The number of benzene rings is 2. The van der Waals surface area contributed by atoms with Crippen molar-refractivity contribution in [3.05, 3.63) is 54.1 Å². The summed E-state index contributed by atoms with van der Waals surface area (Å²) in [6, 6.07) is 15.2. The largest absolute Gasteiger partial charge is 0.497 e. The van der Waals surface area contributed by atoms with Gasteiger partial charge in [-0.05, 0) is 92.5 Å². The Kier molecular flexibility index (Phi) is 9.07. The molecule has 0 heterocycles. The normalized spacial score (nSPS) is 18.3. The number of rotatable bonds is 11. The highest BCUT2D eigenvalue weighted by Gasteiger charge is 2.22. The number of hydrogen-bond acceptors (Lipinski definition) is 4. The van der Waals surface area contributed by atoms with E-state index in [0.29, 0.717) is 17.4 Å². The fourth-order valence-electron chi connectivity index (χ4n) is 3.86. The van der Waals surface area contributed by atoms with E-state index in [0.717, 1.165) is 75.5 Å². The molecule has 0 saturated heterocycles. The second-order valence-electron chi connectivity index (χ2n) is 8.31. The lowest BCUT2D eigenvalue weighted by Crippen LogP contribution is -2.32. The molecule has 0 spiro atoms. The van der Waals surface area contributed by atoms with E-state index < -0.39 is 0 Å². The van der Waals surface area contributed by atoms with Crippen molar-refractivity contribution in [2.75, 3.05) is 26.9 Å². The number of amides is 1. The molecule has 31 heavy (non-hydrogen) atoms. The topological polar surface area (TPSA) is 56.8 Å². The molecule has 0 aromatic heterocycles. The second kappa shape index (κ2) is 12.2. The van der Waals surface area contributed by atoms with E-state index in [2.05, 4.69) is 12.2 Å². The van der Waals surface area contributed by atoms with Gasteiger partial charge in [-0.25, -0.2) is 0 Å². The van der Waals surface area contributed by atoms with Crippen LogP contribution in [0.25, 0.3) is 0 Å². The molecular formula is C26H35NO4. The van der Waals surface area contributed by atoms with Crippen LogP contribution >= 0.6 is 0 Å². The van der Waals surface area contributed by atoms with Gasteiger partial charge < -0.3 is 19.5 Å². The second-order valence-corrected chi connectivity index (χ2v) is 8.31. The van der Waals surface area contributed by atoms with Crippen LogP contribution in [0.5, 0.6) is 17.2 Å². The molecule has 1 aliphatic rings. The van der Waals surface area contributed by atoms with Crippen LogP contribution in [0.15, 0.2) is 48.5 Å². The van der Waals surface area contributed by atoms with Crippen molar-refractivity contribution in [1.82, 2.24) is 5.32 Å². The maximum atomic E-state index is 12.4. The molecule has 2 aromatic carbocycles. The minimum Gasteiger partial charge on any atom is -0.497 e. The molecule has 0 radical (unpaired) electrons. The van der Waals surface area contributed by atoms with E-state index in [9.17, 15) is 4.79 Å². The van der Waals surface area contributed by atoms with Crippen molar-refractivity contribution in [3.8, 4) is 17.2 Å². The predicted molar refractivity (Wildman–Crippen MR) is 123 cm³/mol. The minimum atomic E-state index is -0.00919. The summed E-state index contributed by atoms with van der Waals surface area (Å²) in [5.74, 6) is 3.65. The van der Waals surface area contributed by atoms with Crippen molar-refractivity contribution in [2.45, 2.75) is 45.4 Å². The Morgan fingerprint density at radius 3 is 2.10 bits per heavy atom. The first-order valence-corrected chi connectivity index (χ1v) is 11.5. The summed E-state index contributed by atoms with van der Waals surface area (Å²) >= 11 is 0. The maximum Gasteiger partial charge on any atom is 0.251 e. The zero-order valence-corrected chi connectivity index (χ0v) is 18.8. The van der Waals surface area contributed by atoms with Crippen LogP contribution in [0.3, 0.4) is 0 Å². The predicted octanol–water partition coefficient (Wildman–Crippen LogP) is 5.49. The Morgan fingerprint density at radius 1 is 0.871 bits per heavy atom. The van der Waals surface area contributed by atoms with Gasteiger partial charge in [0, 0.05) is 12.1 Å². The molecule has 0 unspecified atom stereocenters. The van der Waals surface area contributed by atoms with Gasteiger partial charge in [0.25, 0.3) is 5.91 Å². The van der Waals surface area contributed by atoms with Crippen LogP contribution in [0, 0.1) is 11.8 Å². The number of methoxy groups -OCH3 is 1. The zero-order chi connectivity index (χ0) is 21.9. The van der Waals surface area contributed by atoms with E-state index in [-0.39, 0.29) is 5.91 Å². The van der Waals surface area contributed by atoms with E-state index in [1.165, 1.54) is 0 Å². The van der Waals surface area contributed by atoms with Crippen molar-refractivity contribution in [2.24, 2.45) is 11.8 Å². The average molecular weight is 426 g/mol. The van der Waals surface area contributed by atoms with Crippen LogP contribution in [-0.4, -0.2) is 32.8 Å². The van der Waals surface area contributed by atoms with Crippen molar-refractivity contribution < 1.29 is 19.0 Å². The van der Waals surface area contributed by atoms with Gasteiger partial charge in [0.2, 0.25) is 0 Å². The van der Waals surface area contributed by atoms with Gasteiger partial charge in [-0.3, -0.25) is 4.79 Å².